The topological polar surface area (TPSA) is 32.6 Å². The lowest BCUT2D eigenvalue weighted by Crippen LogP contribution is -2.44. The zero-order valence-corrected chi connectivity index (χ0v) is 22.7. The summed E-state index contributed by atoms with van der Waals surface area (Å²) < 4.78 is 0. The minimum atomic E-state index is -0.521. The van der Waals surface area contributed by atoms with Crippen LogP contribution in [-0.2, 0) is 5.41 Å². The number of phenolic OH excluding ortho intramolecular Hbond substituents is 1. The number of hydrogen-bond acceptors (Lipinski definition) is 2. The molecule has 2 unspecified atom stereocenters. The second-order valence-corrected chi connectivity index (χ2v) is 14.9. The lowest BCUT2D eigenvalue weighted by molar-refractivity contribution is 0.254. The van der Waals surface area contributed by atoms with Crippen LogP contribution in [0.4, 0.5) is 5.69 Å². The Balaban J connectivity index is 1.85. The summed E-state index contributed by atoms with van der Waals surface area (Å²) in [5, 5.41) is 16.2. The Morgan fingerprint density at radius 1 is 0.743 bits per heavy atom. The van der Waals surface area contributed by atoms with E-state index in [1.807, 2.05) is 18.2 Å². The van der Waals surface area contributed by atoms with Crippen molar-refractivity contribution in [3.8, 4) is 5.75 Å². The Kier molecular flexibility index (Phi) is 5.80. The maximum absolute atomic E-state index is 11.7. The smallest absolute Gasteiger partial charge is 0.127 e. The van der Waals surface area contributed by atoms with Crippen LogP contribution in [0.15, 0.2) is 83.9 Å². The van der Waals surface area contributed by atoms with E-state index in [1.54, 1.807) is 0 Å². The molecule has 2 nitrogen and oxygen atoms in total. The lowest BCUT2D eigenvalue weighted by atomic mass is 9.61. The van der Waals surface area contributed by atoms with Crippen molar-refractivity contribution in [3.63, 3.8) is 0 Å². The van der Waals surface area contributed by atoms with Gasteiger partial charge in [-0.25, -0.2) is 0 Å². The van der Waals surface area contributed by atoms with E-state index in [-0.39, 0.29) is 16.0 Å². The standard InChI is InChI=1S/C32H36NOP/c1-30(2,3)32(26-19-18-23-13-8-10-16-25(23)28(26)34)20-21-35(31(4,5)6)29(32)33-27-17-11-14-22-12-7-9-15-24(22)27/h7-19,34H,20-21H2,1-6H3. The van der Waals surface area contributed by atoms with Gasteiger partial charge < -0.3 is 5.11 Å². The van der Waals surface area contributed by atoms with E-state index in [2.05, 4.69) is 102 Å². The van der Waals surface area contributed by atoms with Gasteiger partial charge in [-0.3, -0.25) is 4.99 Å². The van der Waals surface area contributed by atoms with Crippen molar-refractivity contribution in [2.75, 3.05) is 6.16 Å². The molecule has 1 saturated heterocycles. The molecule has 3 heteroatoms. The fourth-order valence-electron chi connectivity index (χ4n) is 5.93. The SMILES string of the molecule is CC(C)(C)P1CCC(c2ccc3ccccc3c2O)(C(C)(C)C)C1=Nc1cccc2ccccc12. The molecule has 0 spiro atoms. The zero-order chi connectivity index (χ0) is 25.0. The molecule has 4 aromatic carbocycles. The fourth-order valence-corrected chi connectivity index (χ4v) is 9.26. The summed E-state index contributed by atoms with van der Waals surface area (Å²) in [5.41, 5.74) is 2.85. The first kappa shape index (κ1) is 24.0. The molecule has 4 aromatic rings. The van der Waals surface area contributed by atoms with E-state index < -0.39 is 7.92 Å². The van der Waals surface area contributed by atoms with Gasteiger partial charge in [0.1, 0.15) is 5.75 Å². The summed E-state index contributed by atoms with van der Waals surface area (Å²) in [5.74, 6) is 0.411. The van der Waals surface area contributed by atoms with Crippen molar-refractivity contribution in [2.45, 2.75) is 58.5 Å². The zero-order valence-electron chi connectivity index (χ0n) is 21.8. The Hall–Kier alpha value is -2.70. The number of fused-ring (bicyclic) bond motifs is 2. The molecule has 180 valence electrons. The van der Waals surface area contributed by atoms with Gasteiger partial charge in [0.15, 0.2) is 0 Å². The average molecular weight is 482 g/mol. The van der Waals surface area contributed by atoms with Crippen molar-refractivity contribution in [1.82, 2.24) is 0 Å². The van der Waals surface area contributed by atoms with Gasteiger partial charge in [-0.2, -0.15) is 0 Å². The number of rotatable bonds is 2. The van der Waals surface area contributed by atoms with Crippen LogP contribution in [0.5, 0.6) is 5.75 Å². The Labute approximate surface area is 210 Å². The van der Waals surface area contributed by atoms with Crippen molar-refractivity contribution in [3.05, 3.63) is 84.4 Å². The predicted octanol–water partition coefficient (Wildman–Crippen LogP) is 9.40. The minimum absolute atomic E-state index is 0.123. The molecule has 1 aliphatic heterocycles. The second-order valence-electron chi connectivity index (χ2n) is 11.8. The molecule has 5 rings (SSSR count). The van der Waals surface area contributed by atoms with Crippen LogP contribution in [0.2, 0.25) is 0 Å². The molecule has 0 aliphatic carbocycles. The highest BCUT2D eigenvalue weighted by molar-refractivity contribution is 7.77. The molecule has 1 N–H and O–H groups in total. The molecule has 0 aromatic heterocycles. The highest BCUT2D eigenvalue weighted by Crippen LogP contribution is 2.68. The van der Waals surface area contributed by atoms with Crippen LogP contribution in [0.1, 0.15) is 53.5 Å². The molecule has 1 fully saturated rings. The van der Waals surface area contributed by atoms with Gasteiger partial charge in [0.05, 0.1) is 11.1 Å². The van der Waals surface area contributed by atoms with Crippen molar-refractivity contribution in [1.29, 1.82) is 0 Å². The molecule has 0 bridgehead atoms. The lowest BCUT2D eigenvalue weighted by Gasteiger charge is -2.45. The van der Waals surface area contributed by atoms with Crippen LogP contribution in [0.3, 0.4) is 0 Å². The summed E-state index contributed by atoms with van der Waals surface area (Å²) in [6.07, 6.45) is 2.11. The van der Waals surface area contributed by atoms with Crippen LogP contribution in [0.25, 0.3) is 21.5 Å². The minimum Gasteiger partial charge on any atom is -0.507 e. The number of aromatic hydroxyl groups is 1. The molecule has 1 heterocycles. The van der Waals surface area contributed by atoms with E-state index in [9.17, 15) is 5.11 Å². The molecular weight excluding hydrogens is 445 g/mol. The van der Waals surface area contributed by atoms with Crippen molar-refractivity contribution >= 4 is 40.6 Å². The number of benzene rings is 4. The van der Waals surface area contributed by atoms with E-state index in [0.717, 1.165) is 34.6 Å². The van der Waals surface area contributed by atoms with Gasteiger partial charge in [0.2, 0.25) is 0 Å². The van der Waals surface area contributed by atoms with E-state index in [4.69, 9.17) is 4.99 Å². The summed E-state index contributed by atoms with van der Waals surface area (Å²) in [6, 6.07) is 27.4. The Morgan fingerprint density at radius 2 is 1.34 bits per heavy atom. The summed E-state index contributed by atoms with van der Waals surface area (Å²) in [6.45, 7) is 14.0. The van der Waals surface area contributed by atoms with E-state index in [1.165, 1.54) is 16.2 Å². The monoisotopic (exact) mass is 481 g/mol. The third-order valence-electron chi connectivity index (χ3n) is 7.79. The molecule has 35 heavy (non-hydrogen) atoms. The maximum Gasteiger partial charge on any atom is 0.127 e. The molecule has 2 atom stereocenters. The third-order valence-corrected chi connectivity index (χ3v) is 11.1. The van der Waals surface area contributed by atoms with E-state index >= 15 is 0 Å². The quantitative estimate of drug-likeness (QED) is 0.284. The fraction of sp³-hybridized carbons (Fsp3) is 0.344. The molecule has 0 saturated carbocycles. The molecular formula is C32H36NOP. The van der Waals surface area contributed by atoms with Gasteiger partial charge in [-0.15, -0.1) is 0 Å². The Bertz CT molecular complexity index is 1430. The second kappa shape index (κ2) is 8.45. The highest BCUT2D eigenvalue weighted by atomic mass is 31.1. The average Bonchev–Trinajstić information content (AvgIpc) is 3.20. The third kappa shape index (κ3) is 3.87. The first-order valence-electron chi connectivity index (χ1n) is 12.6. The van der Waals surface area contributed by atoms with Gasteiger partial charge in [-0.05, 0) is 40.0 Å². The molecule has 0 radical (unpaired) electrons. The number of hydrogen-bond donors (Lipinski definition) is 1. The maximum atomic E-state index is 11.7. The molecule has 0 amide bonds. The van der Waals surface area contributed by atoms with Gasteiger partial charge in [0.25, 0.3) is 0 Å². The summed E-state index contributed by atoms with van der Waals surface area (Å²) in [7, 11) is -0.521. The Morgan fingerprint density at radius 3 is 2.00 bits per heavy atom. The van der Waals surface area contributed by atoms with Crippen molar-refractivity contribution in [2.24, 2.45) is 10.4 Å². The van der Waals surface area contributed by atoms with Gasteiger partial charge in [0, 0.05) is 21.8 Å². The van der Waals surface area contributed by atoms with E-state index in [0.29, 0.717) is 5.75 Å². The van der Waals surface area contributed by atoms with Gasteiger partial charge in [-0.1, -0.05) is 122 Å². The van der Waals surface area contributed by atoms with Gasteiger partial charge >= 0.3 is 0 Å². The van der Waals surface area contributed by atoms with Crippen molar-refractivity contribution < 1.29 is 5.11 Å². The number of nitrogens with zero attached hydrogens (tertiary/aromatic N) is 1. The predicted molar refractivity (Wildman–Crippen MR) is 154 cm³/mol. The normalized spacial score (nSPS) is 22.3. The molecule has 1 aliphatic rings. The van der Waals surface area contributed by atoms with Crippen LogP contribution in [-0.4, -0.2) is 21.9 Å². The number of aliphatic imine (C=N–C) groups is 1. The summed E-state index contributed by atoms with van der Waals surface area (Å²) >= 11 is 0. The largest absolute Gasteiger partial charge is 0.507 e. The van der Waals surface area contributed by atoms with Crippen LogP contribution in [0, 0.1) is 5.41 Å². The van der Waals surface area contributed by atoms with Crippen LogP contribution >= 0.6 is 7.92 Å². The first-order chi connectivity index (χ1) is 16.5. The first-order valence-corrected chi connectivity index (χ1v) is 14.1. The number of phenols is 1. The summed E-state index contributed by atoms with van der Waals surface area (Å²) in [4.78, 5) is 5.59. The van der Waals surface area contributed by atoms with Crippen LogP contribution < -0.4 is 0 Å². The highest BCUT2D eigenvalue weighted by Gasteiger charge is 2.57.